The van der Waals surface area contributed by atoms with Gasteiger partial charge >= 0.3 is 0 Å². The second-order valence-corrected chi connectivity index (χ2v) is 11.4. The van der Waals surface area contributed by atoms with E-state index < -0.39 is 28.1 Å². The van der Waals surface area contributed by atoms with Crippen molar-refractivity contribution in [3.05, 3.63) is 0 Å². The Morgan fingerprint density at radius 3 is 1.16 bits per heavy atom. The third kappa shape index (κ3) is 7.58. The molecule has 0 heterocycles. The molecule has 0 radical (unpaired) electrons. The molecule has 0 saturated heterocycles. The largest absolute Gasteiger partial charge is 0.369 e. The number of rotatable bonds is 20. The molecule has 0 fully saturated rings. The Hall–Kier alpha value is 0.154. The maximum Gasteiger partial charge on any atom is 0.170 e. The molecule has 0 saturated carbocycles. The van der Waals surface area contributed by atoms with Crippen molar-refractivity contribution in [1.82, 2.24) is 0 Å². The molecule has 0 amide bonds. The molecule has 0 aliphatic heterocycles. The predicted molar refractivity (Wildman–Crippen MR) is 138 cm³/mol. The van der Waals surface area contributed by atoms with Crippen molar-refractivity contribution in [2.45, 2.75) is 109 Å². The molecule has 194 valence electrons. The Bertz CT molecular complexity index is 463. The molecule has 9 heteroatoms. The fourth-order valence-corrected chi connectivity index (χ4v) is 6.06. The Morgan fingerprint density at radius 1 is 0.594 bits per heavy atom. The molecule has 7 nitrogen and oxygen atoms in total. The average Bonchev–Trinajstić information content (AvgIpc) is 2.74. The van der Waals surface area contributed by atoms with Crippen LogP contribution in [0, 0.1) is 0 Å². The number of hydrogen-bond acceptors (Lipinski definition) is 7. The summed E-state index contributed by atoms with van der Waals surface area (Å²) >= 11 is 0. The molecule has 0 bridgehead atoms. The van der Waals surface area contributed by atoms with E-state index in [1.54, 1.807) is 0 Å². The van der Waals surface area contributed by atoms with Gasteiger partial charge in [-0.05, 0) is 54.4 Å². The summed E-state index contributed by atoms with van der Waals surface area (Å²) in [6.45, 7) is 19.3. The quantitative estimate of drug-likeness (QED) is 0.156. The molecule has 0 aliphatic carbocycles. The van der Waals surface area contributed by atoms with Crippen LogP contribution in [0.25, 0.3) is 0 Å². The van der Waals surface area contributed by atoms with Crippen molar-refractivity contribution in [2.75, 3.05) is 39.6 Å². The fraction of sp³-hybridized carbons (Fsp3) is 1.00. The van der Waals surface area contributed by atoms with Crippen LogP contribution in [-0.2, 0) is 28.4 Å². The van der Waals surface area contributed by atoms with Gasteiger partial charge in [0.15, 0.2) is 10.8 Å². The molecule has 0 spiro atoms. The first-order valence-electron chi connectivity index (χ1n) is 12.6. The van der Waals surface area contributed by atoms with Crippen LogP contribution in [0.1, 0.15) is 81.1 Å². The van der Waals surface area contributed by atoms with Gasteiger partial charge in [-0.25, -0.2) is 0 Å². The second kappa shape index (κ2) is 15.2. The fourth-order valence-electron chi connectivity index (χ4n) is 4.16. The predicted octanol–water partition coefficient (Wildman–Crippen LogP) is 1.65. The van der Waals surface area contributed by atoms with E-state index in [1.165, 1.54) is 0 Å². The third-order valence-electron chi connectivity index (χ3n) is 6.47. The highest BCUT2D eigenvalue weighted by Gasteiger charge is 2.63. The molecule has 4 unspecified atom stereocenters. The molecule has 32 heavy (non-hydrogen) atoms. The summed E-state index contributed by atoms with van der Waals surface area (Å²) in [5.41, 5.74) is 3.30. The molecular weight excluding hydrogens is 442 g/mol. The molecular formula is C23H53NO6Si2. The lowest BCUT2D eigenvalue weighted by Gasteiger charge is -2.57. The zero-order valence-electron chi connectivity index (χ0n) is 22.7. The minimum absolute atomic E-state index is 0.472. The van der Waals surface area contributed by atoms with Gasteiger partial charge in [-0.1, -0.05) is 26.7 Å². The van der Waals surface area contributed by atoms with Crippen LogP contribution in [0.2, 0.25) is 0 Å². The monoisotopic (exact) mass is 495 g/mol. The summed E-state index contributed by atoms with van der Waals surface area (Å²) in [6.07, 6.45) is 3.97. The van der Waals surface area contributed by atoms with Crippen LogP contribution in [0.3, 0.4) is 0 Å². The molecule has 0 rings (SSSR count). The Labute approximate surface area is 203 Å². The van der Waals surface area contributed by atoms with Crippen molar-refractivity contribution < 1.29 is 28.4 Å². The summed E-state index contributed by atoms with van der Waals surface area (Å²) in [5.74, 6) is 0. The van der Waals surface area contributed by atoms with Crippen LogP contribution in [0.5, 0.6) is 0 Å². The number of hydrogen-bond donors (Lipinski definition) is 1. The first-order chi connectivity index (χ1) is 15.0. The highest BCUT2D eigenvalue weighted by atomic mass is 28.2. The number of unbranched alkanes of at least 4 members (excludes halogenated alkanes) is 2. The van der Waals surface area contributed by atoms with Gasteiger partial charge in [0.2, 0.25) is 0 Å². The molecule has 4 atom stereocenters. The molecule has 2 N–H and O–H groups in total. The zero-order chi connectivity index (χ0) is 24.9. The SMILES string of the molecule is CCCCOC([SiH3])(OCC)C(C)(OCC)C(N)C(C)(OCC)C([SiH3])(OCC)OCCCC. The van der Waals surface area contributed by atoms with Gasteiger partial charge in [0, 0.05) is 39.6 Å². The smallest absolute Gasteiger partial charge is 0.170 e. The van der Waals surface area contributed by atoms with Gasteiger partial charge in [0.05, 0.1) is 26.5 Å². The third-order valence-corrected chi connectivity index (χ3v) is 9.61. The van der Waals surface area contributed by atoms with Gasteiger partial charge < -0.3 is 34.2 Å². The van der Waals surface area contributed by atoms with Gasteiger partial charge in [-0.3, -0.25) is 0 Å². The Balaban J connectivity index is 6.48. The maximum absolute atomic E-state index is 7.12. The van der Waals surface area contributed by atoms with E-state index in [0.29, 0.717) is 60.1 Å². The second-order valence-electron chi connectivity index (χ2n) is 8.72. The minimum Gasteiger partial charge on any atom is -0.369 e. The molecule has 0 aromatic rings. The van der Waals surface area contributed by atoms with Crippen LogP contribution < -0.4 is 5.73 Å². The normalized spacial score (nSPS) is 20.9. The van der Waals surface area contributed by atoms with Gasteiger partial charge in [0.25, 0.3) is 0 Å². The number of nitrogens with two attached hydrogens (primary N) is 1. The van der Waals surface area contributed by atoms with Crippen molar-refractivity contribution in [3.63, 3.8) is 0 Å². The van der Waals surface area contributed by atoms with Crippen LogP contribution >= 0.6 is 0 Å². The van der Waals surface area contributed by atoms with E-state index in [-0.39, 0.29) is 0 Å². The van der Waals surface area contributed by atoms with Crippen LogP contribution in [0.15, 0.2) is 0 Å². The highest BCUT2D eigenvalue weighted by Crippen LogP contribution is 2.42. The van der Waals surface area contributed by atoms with E-state index in [0.717, 1.165) is 25.7 Å². The van der Waals surface area contributed by atoms with Crippen LogP contribution in [0.4, 0.5) is 0 Å². The molecule has 0 aromatic carbocycles. The average molecular weight is 496 g/mol. The summed E-state index contributed by atoms with van der Waals surface area (Å²) in [7, 11) is 1.14. The summed E-state index contributed by atoms with van der Waals surface area (Å²) in [6, 6.07) is -0.633. The lowest BCUT2D eigenvalue weighted by Crippen LogP contribution is -2.78. The standard InChI is InChI=1S/C23H53NO6Si2/c1-9-15-17-29-22(31,27-13-5)20(7,25-11-3)19(24)21(8,26-12-4)23(32,28-14-6)30-18-16-10-2/h19H,9-18,24H2,1-8,31-32H3. The van der Waals surface area contributed by atoms with Crippen molar-refractivity contribution in [1.29, 1.82) is 0 Å². The highest BCUT2D eigenvalue weighted by molar-refractivity contribution is 6.15. The Kier molecular flexibility index (Phi) is 15.3. The van der Waals surface area contributed by atoms with E-state index in [2.05, 4.69) is 13.8 Å². The van der Waals surface area contributed by atoms with Crippen LogP contribution in [-0.4, -0.2) is 88.2 Å². The van der Waals surface area contributed by atoms with E-state index in [1.807, 2.05) is 41.5 Å². The maximum atomic E-state index is 7.12. The van der Waals surface area contributed by atoms with Gasteiger partial charge in [-0.2, -0.15) is 0 Å². The summed E-state index contributed by atoms with van der Waals surface area (Å²) < 4.78 is 38.2. The summed E-state index contributed by atoms with van der Waals surface area (Å²) in [5, 5.41) is 0. The first-order valence-corrected chi connectivity index (χ1v) is 14.6. The van der Waals surface area contributed by atoms with Crippen molar-refractivity contribution in [2.24, 2.45) is 5.73 Å². The van der Waals surface area contributed by atoms with Gasteiger partial charge in [-0.15, -0.1) is 0 Å². The van der Waals surface area contributed by atoms with Crippen molar-refractivity contribution >= 4 is 20.5 Å². The number of ether oxygens (including phenoxy) is 6. The van der Waals surface area contributed by atoms with E-state index in [9.17, 15) is 0 Å². The minimum atomic E-state index is -0.970. The Morgan fingerprint density at radius 2 is 0.906 bits per heavy atom. The zero-order valence-corrected chi connectivity index (χ0v) is 26.7. The van der Waals surface area contributed by atoms with E-state index >= 15 is 0 Å². The molecule has 0 aromatic heterocycles. The van der Waals surface area contributed by atoms with Gasteiger partial charge in [0.1, 0.15) is 11.2 Å². The topological polar surface area (TPSA) is 81.4 Å². The summed E-state index contributed by atoms with van der Waals surface area (Å²) in [4.78, 5) is 0. The van der Waals surface area contributed by atoms with E-state index in [4.69, 9.17) is 34.2 Å². The first kappa shape index (κ1) is 32.2. The lowest BCUT2D eigenvalue weighted by atomic mass is 9.81. The van der Waals surface area contributed by atoms with Crippen molar-refractivity contribution in [3.8, 4) is 0 Å². The molecule has 0 aliphatic rings. The lowest BCUT2D eigenvalue weighted by molar-refractivity contribution is -0.331.